The SMILES string of the molecule is CC.CC.COc1ccc(SN)cc1.Cc1cc(CCCO)cc(C)c1Oc1ccc(O)cc1. The molecule has 0 unspecified atom stereocenters. The molecule has 5 nitrogen and oxygen atoms in total. The van der Waals surface area contributed by atoms with Crippen LogP contribution in [0.3, 0.4) is 0 Å². The zero-order valence-corrected chi connectivity index (χ0v) is 22.4. The topological polar surface area (TPSA) is 84.9 Å². The van der Waals surface area contributed by atoms with Gasteiger partial charge in [0.05, 0.1) is 7.11 Å². The van der Waals surface area contributed by atoms with E-state index < -0.39 is 0 Å². The first-order valence-corrected chi connectivity index (χ1v) is 12.5. The van der Waals surface area contributed by atoms with Gasteiger partial charge < -0.3 is 19.7 Å². The fourth-order valence-corrected chi connectivity index (χ4v) is 3.21. The van der Waals surface area contributed by atoms with Crippen LogP contribution in [-0.4, -0.2) is 23.9 Å². The first-order valence-electron chi connectivity index (χ1n) is 11.7. The molecule has 0 amide bonds. The van der Waals surface area contributed by atoms with Gasteiger partial charge in [-0.15, -0.1) is 0 Å². The van der Waals surface area contributed by atoms with Gasteiger partial charge in [-0.05, 0) is 104 Å². The number of aromatic hydroxyl groups is 1. The summed E-state index contributed by atoms with van der Waals surface area (Å²) in [6, 6.07) is 18.5. The van der Waals surface area contributed by atoms with E-state index in [0.29, 0.717) is 5.75 Å². The second-order valence-corrected chi connectivity index (χ2v) is 7.48. The Morgan fingerprint density at radius 1 is 0.824 bits per heavy atom. The van der Waals surface area contributed by atoms with Crippen LogP contribution in [0, 0.1) is 13.8 Å². The molecule has 0 saturated heterocycles. The van der Waals surface area contributed by atoms with E-state index in [1.54, 1.807) is 31.4 Å². The maximum absolute atomic E-state index is 9.27. The summed E-state index contributed by atoms with van der Waals surface area (Å²) >= 11 is 1.23. The second kappa shape index (κ2) is 18.7. The van der Waals surface area contributed by atoms with Crippen molar-refractivity contribution in [2.24, 2.45) is 5.14 Å². The number of nitrogens with two attached hydrogens (primary N) is 1. The molecule has 0 saturated carbocycles. The molecule has 0 heterocycles. The molecule has 0 fully saturated rings. The van der Waals surface area contributed by atoms with E-state index in [4.69, 9.17) is 19.7 Å². The molecule has 6 heteroatoms. The number of aliphatic hydroxyl groups is 1. The molecular formula is C28H41NO4S. The average Bonchev–Trinajstić information content (AvgIpc) is 2.89. The second-order valence-electron chi connectivity index (χ2n) is 6.78. The monoisotopic (exact) mass is 487 g/mol. The summed E-state index contributed by atoms with van der Waals surface area (Å²) < 4.78 is 10.9. The van der Waals surface area contributed by atoms with Crippen LogP contribution in [0.1, 0.15) is 50.8 Å². The molecule has 0 aromatic heterocycles. The fourth-order valence-electron chi connectivity index (χ4n) is 2.91. The third-order valence-corrected chi connectivity index (χ3v) is 4.94. The normalized spacial score (nSPS) is 9.32. The van der Waals surface area contributed by atoms with Gasteiger partial charge in [-0.1, -0.05) is 39.8 Å². The Morgan fingerprint density at radius 2 is 1.32 bits per heavy atom. The largest absolute Gasteiger partial charge is 0.508 e. The quantitative estimate of drug-likeness (QED) is 0.300. The number of benzene rings is 3. The van der Waals surface area contributed by atoms with E-state index in [2.05, 4.69) is 12.1 Å². The summed E-state index contributed by atoms with van der Waals surface area (Å²) in [6.07, 6.45) is 1.65. The molecule has 0 spiro atoms. The Morgan fingerprint density at radius 3 is 1.76 bits per heavy atom. The zero-order chi connectivity index (χ0) is 25.9. The summed E-state index contributed by atoms with van der Waals surface area (Å²) in [5.74, 6) is 2.64. The zero-order valence-electron chi connectivity index (χ0n) is 21.6. The Labute approximate surface area is 210 Å². The number of phenols is 1. The number of aliphatic hydroxyl groups excluding tert-OH is 1. The average molecular weight is 488 g/mol. The first-order chi connectivity index (χ1) is 16.5. The van der Waals surface area contributed by atoms with E-state index in [-0.39, 0.29) is 12.4 Å². The van der Waals surface area contributed by atoms with Crippen molar-refractivity contribution in [2.75, 3.05) is 13.7 Å². The summed E-state index contributed by atoms with van der Waals surface area (Å²) in [5.41, 5.74) is 3.36. The summed E-state index contributed by atoms with van der Waals surface area (Å²) in [7, 11) is 1.64. The van der Waals surface area contributed by atoms with E-state index in [0.717, 1.165) is 40.4 Å². The predicted octanol–water partition coefficient (Wildman–Crippen LogP) is 7.44. The highest BCUT2D eigenvalue weighted by molar-refractivity contribution is 7.97. The van der Waals surface area contributed by atoms with E-state index in [1.165, 1.54) is 17.5 Å². The Hall–Kier alpha value is -2.67. The van der Waals surface area contributed by atoms with Gasteiger partial charge >= 0.3 is 0 Å². The Kier molecular flexibility index (Phi) is 17.3. The lowest BCUT2D eigenvalue weighted by Crippen LogP contribution is -1.96. The molecule has 0 aliphatic rings. The van der Waals surface area contributed by atoms with Crippen LogP contribution in [0.2, 0.25) is 0 Å². The van der Waals surface area contributed by atoms with Crippen molar-refractivity contribution in [1.29, 1.82) is 0 Å². The van der Waals surface area contributed by atoms with Crippen LogP contribution in [0.5, 0.6) is 23.0 Å². The van der Waals surface area contributed by atoms with Crippen molar-refractivity contribution in [3.63, 3.8) is 0 Å². The van der Waals surface area contributed by atoms with Crippen molar-refractivity contribution >= 4 is 11.9 Å². The van der Waals surface area contributed by atoms with Crippen molar-refractivity contribution < 1.29 is 19.7 Å². The van der Waals surface area contributed by atoms with E-state index in [1.807, 2.05) is 65.8 Å². The molecule has 0 aliphatic heterocycles. The molecule has 0 aliphatic carbocycles. The van der Waals surface area contributed by atoms with Crippen molar-refractivity contribution in [2.45, 2.75) is 59.3 Å². The van der Waals surface area contributed by atoms with Crippen LogP contribution in [0.25, 0.3) is 0 Å². The molecule has 0 bridgehead atoms. The van der Waals surface area contributed by atoms with Crippen LogP contribution >= 0.6 is 11.9 Å². The third-order valence-electron chi connectivity index (χ3n) is 4.40. The maximum atomic E-state index is 9.27. The minimum Gasteiger partial charge on any atom is -0.508 e. The molecule has 3 rings (SSSR count). The highest BCUT2D eigenvalue weighted by Crippen LogP contribution is 2.31. The van der Waals surface area contributed by atoms with Gasteiger partial charge in [-0.2, -0.15) is 0 Å². The van der Waals surface area contributed by atoms with Crippen molar-refractivity contribution in [3.05, 3.63) is 77.4 Å². The van der Waals surface area contributed by atoms with Crippen molar-refractivity contribution in [1.82, 2.24) is 0 Å². The third kappa shape index (κ3) is 11.5. The molecule has 4 N–H and O–H groups in total. The number of hydrogen-bond acceptors (Lipinski definition) is 6. The van der Waals surface area contributed by atoms with Crippen LogP contribution in [0.4, 0.5) is 0 Å². The highest BCUT2D eigenvalue weighted by Gasteiger charge is 2.08. The van der Waals surface area contributed by atoms with E-state index >= 15 is 0 Å². The molecule has 3 aromatic rings. The number of phenolic OH excluding ortho intramolecular Hbond substituents is 1. The van der Waals surface area contributed by atoms with Gasteiger partial charge in [0.1, 0.15) is 23.0 Å². The molecule has 0 radical (unpaired) electrons. The lowest BCUT2D eigenvalue weighted by molar-refractivity contribution is 0.288. The Bertz CT molecular complexity index is 867. The predicted molar refractivity (Wildman–Crippen MR) is 145 cm³/mol. The first kappa shape index (κ1) is 31.3. The molecule has 0 atom stereocenters. The van der Waals surface area contributed by atoms with E-state index in [9.17, 15) is 5.11 Å². The number of ether oxygens (including phenoxy) is 2. The molecular weight excluding hydrogens is 446 g/mol. The van der Waals surface area contributed by atoms with Crippen LogP contribution < -0.4 is 14.6 Å². The number of hydrogen-bond donors (Lipinski definition) is 3. The fraction of sp³-hybridized carbons (Fsp3) is 0.357. The van der Waals surface area contributed by atoms with Gasteiger partial charge in [0.15, 0.2) is 0 Å². The van der Waals surface area contributed by atoms with Crippen LogP contribution in [0.15, 0.2) is 65.6 Å². The number of aryl methyl sites for hydroxylation is 3. The van der Waals surface area contributed by atoms with Crippen molar-refractivity contribution in [3.8, 4) is 23.0 Å². The standard InChI is InChI=1S/C17H20O3.C7H9NOS.2C2H6/c1-12-10-14(4-3-9-18)11-13(2)17(12)20-16-7-5-15(19)6-8-16;1-9-6-2-4-7(10-8)5-3-6;2*1-2/h5-8,10-11,18-19H,3-4,9H2,1-2H3;2-5H,8H2,1H3;2*1-2H3. The maximum Gasteiger partial charge on any atom is 0.133 e. The highest BCUT2D eigenvalue weighted by atomic mass is 32.2. The minimum absolute atomic E-state index is 0.212. The van der Waals surface area contributed by atoms with Gasteiger partial charge in [-0.3, -0.25) is 5.14 Å². The summed E-state index contributed by atoms with van der Waals surface area (Å²) in [6.45, 7) is 12.3. The van der Waals surface area contributed by atoms with Gasteiger partial charge in [0.2, 0.25) is 0 Å². The molecule has 188 valence electrons. The Balaban J connectivity index is 0.000000653. The minimum atomic E-state index is 0.212. The summed E-state index contributed by atoms with van der Waals surface area (Å²) in [5, 5.41) is 23.5. The summed E-state index contributed by atoms with van der Waals surface area (Å²) in [4.78, 5) is 1.04. The molecule has 34 heavy (non-hydrogen) atoms. The van der Waals surface area contributed by atoms with Gasteiger partial charge in [0.25, 0.3) is 0 Å². The smallest absolute Gasteiger partial charge is 0.133 e. The molecule has 3 aromatic carbocycles. The number of rotatable bonds is 7. The lowest BCUT2D eigenvalue weighted by atomic mass is 10.0. The number of methoxy groups -OCH3 is 1. The van der Waals surface area contributed by atoms with Gasteiger partial charge in [0, 0.05) is 11.5 Å². The van der Waals surface area contributed by atoms with Gasteiger partial charge in [-0.25, -0.2) is 0 Å². The van der Waals surface area contributed by atoms with Crippen LogP contribution in [-0.2, 0) is 6.42 Å². The lowest BCUT2D eigenvalue weighted by Gasteiger charge is -2.14.